The predicted molar refractivity (Wildman–Crippen MR) is 166 cm³/mol. The molecule has 0 radical (unpaired) electrons. The van der Waals surface area contributed by atoms with Gasteiger partial charge in [-0.1, -0.05) is 60.7 Å². The number of hydrogen-bond acceptors (Lipinski definition) is 5. The first-order valence-electron chi connectivity index (χ1n) is 13.5. The highest BCUT2D eigenvalue weighted by molar-refractivity contribution is 7.00. The Kier molecular flexibility index (Phi) is 7.61. The smallest absolute Gasteiger partial charge is 0.205 e. The maximum absolute atomic E-state index is 11.4. The van der Waals surface area contributed by atoms with Crippen LogP contribution in [0, 0.1) is 12.3 Å². The summed E-state index contributed by atoms with van der Waals surface area (Å²) in [5, 5.41) is 0. The molecule has 2 aromatic heterocycles. The molecule has 0 saturated carbocycles. The van der Waals surface area contributed by atoms with Crippen molar-refractivity contribution in [1.82, 2.24) is 8.75 Å². The van der Waals surface area contributed by atoms with Crippen LogP contribution in [0.15, 0.2) is 122 Å². The van der Waals surface area contributed by atoms with Crippen LogP contribution >= 0.6 is 11.7 Å². The number of carbonyl (C=O) groups is 1. The lowest BCUT2D eigenvalue weighted by Crippen LogP contribution is -2.32. The fourth-order valence-corrected chi connectivity index (χ4v) is 5.58. The number of fused-ring (bicyclic) bond motifs is 1. The van der Waals surface area contributed by atoms with Gasteiger partial charge in [0.1, 0.15) is 17.6 Å². The third-order valence-corrected chi connectivity index (χ3v) is 7.59. The van der Waals surface area contributed by atoms with Crippen molar-refractivity contribution < 1.29 is 9.36 Å². The van der Waals surface area contributed by atoms with E-state index in [0.717, 1.165) is 63.3 Å². The lowest BCUT2D eigenvalue weighted by atomic mass is 9.98. The zero-order valence-corrected chi connectivity index (χ0v) is 23.2. The van der Waals surface area contributed by atoms with Crippen LogP contribution in [-0.4, -0.2) is 14.5 Å². The molecule has 2 heterocycles. The van der Waals surface area contributed by atoms with E-state index < -0.39 is 0 Å². The fraction of sp³-hybridized carbons (Fsp3) is 0.0857. The molecule has 6 aromatic rings. The molecule has 0 spiro atoms. The van der Waals surface area contributed by atoms with E-state index in [9.17, 15) is 4.79 Å². The molecule has 5 nitrogen and oxygen atoms in total. The van der Waals surface area contributed by atoms with Crippen LogP contribution in [0.25, 0.3) is 33.3 Å². The normalized spacial score (nSPS) is 10.8. The van der Waals surface area contributed by atoms with Gasteiger partial charge in [0.25, 0.3) is 0 Å². The van der Waals surface area contributed by atoms with Crippen LogP contribution in [0.3, 0.4) is 0 Å². The third kappa shape index (κ3) is 5.62. The minimum absolute atomic E-state index is 0.153. The van der Waals surface area contributed by atoms with Gasteiger partial charge in [-0.05, 0) is 53.4 Å². The molecule has 198 valence electrons. The fourth-order valence-electron chi connectivity index (χ4n) is 5.00. The third-order valence-electron chi connectivity index (χ3n) is 7.06. The number of ketones is 1. The maximum Gasteiger partial charge on any atom is 0.205 e. The summed E-state index contributed by atoms with van der Waals surface area (Å²) in [5.41, 5.74) is 9.34. The quantitative estimate of drug-likeness (QED) is 0.105. The Labute approximate surface area is 243 Å². The van der Waals surface area contributed by atoms with Gasteiger partial charge in [-0.2, -0.15) is 8.75 Å². The van der Waals surface area contributed by atoms with Crippen LogP contribution in [-0.2, 0) is 11.3 Å². The molecular formula is C35H27N4OS+. The van der Waals surface area contributed by atoms with E-state index in [1.165, 1.54) is 11.7 Å². The van der Waals surface area contributed by atoms with Gasteiger partial charge in [0.2, 0.25) is 5.78 Å². The average molecular weight is 552 g/mol. The SMILES string of the molecule is C#CC(=O)CCC[n+]1ccc(-c2ccc(-c3ccc(N(c4ccccc4)c4ccccc4)cc3)c3nsnc23)cc1. The van der Waals surface area contributed by atoms with E-state index in [1.54, 1.807) is 0 Å². The van der Waals surface area contributed by atoms with E-state index in [4.69, 9.17) is 6.42 Å². The molecule has 0 aliphatic carbocycles. The summed E-state index contributed by atoms with van der Waals surface area (Å²) in [5.74, 6) is 2.02. The Balaban J connectivity index is 1.28. The predicted octanol–water partition coefficient (Wildman–Crippen LogP) is 7.77. The summed E-state index contributed by atoms with van der Waals surface area (Å²) in [6, 6.07) is 37.8. The van der Waals surface area contributed by atoms with Gasteiger partial charge in [0.05, 0.1) is 11.7 Å². The molecule has 0 bridgehead atoms. The summed E-state index contributed by atoms with van der Waals surface area (Å²) in [7, 11) is 0. The summed E-state index contributed by atoms with van der Waals surface area (Å²) in [6.07, 6.45) is 10.3. The lowest BCUT2D eigenvalue weighted by Gasteiger charge is -2.25. The minimum atomic E-state index is -0.153. The molecule has 0 saturated heterocycles. The van der Waals surface area contributed by atoms with Crippen molar-refractivity contribution in [1.29, 1.82) is 0 Å². The zero-order chi connectivity index (χ0) is 28.0. The number of Topliss-reactive ketones (excluding diaryl/α,β-unsaturated/α-hetero) is 1. The van der Waals surface area contributed by atoms with Crippen LogP contribution in [0.5, 0.6) is 0 Å². The highest BCUT2D eigenvalue weighted by Crippen LogP contribution is 2.38. The van der Waals surface area contributed by atoms with E-state index in [2.05, 4.69) is 121 Å². The number of hydrogen-bond donors (Lipinski definition) is 0. The number of carbonyl (C=O) groups excluding carboxylic acids is 1. The Hall–Kier alpha value is -5.12. The molecule has 4 aromatic carbocycles. The molecule has 0 unspecified atom stereocenters. The maximum atomic E-state index is 11.4. The van der Waals surface area contributed by atoms with Crippen molar-refractivity contribution in [3.05, 3.63) is 122 Å². The Morgan fingerprint density at radius 1 is 0.707 bits per heavy atom. The van der Waals surface area contributed by atoms with Crippen molar-refractivity contribution in [3.8, 4) is 34.6 Å². The molecule has 41 heavy (non-hydrogen) atoms. The van der Waals surface area contributed by atoms with Crippen molar-refractivity contribution >= 4 is 45.6 Å². The highest BCUT2D eigenvalue weighted by atomic mass is 32.1. The number of anilines is 3. The molecule has 6 heteroatoms. The number of rotatable bonds is 9. The first-order chi connectivity index (χ1) is 20.2. The number of pyridine rings is 1. The van der Waals surface area contributed by atoms with E-state index in [-0.39, 0.29) is 5.78 Å². The molecule has 0 aliphatic rings. The summed E-state index contributed by atoms with van der Waals surface area (Å²) in [6.45, 7) is 0.738. The van der Waals surface area contributed by atoms with Gasteiger partial charge in [-0.3, -0.25) is 4.79 Å². The van der Waals surface area contributed by atoms with Crippen LogP contribution in [0.1, 0.15) is 12.8 Å². The largest absolute Gasteiger partial charge is 0.311 e. The van der Waals surface area contributed by atoms with Crippen molar-refractivity contribution in [2.75, 3.05) is 4.90 Å². The molecule has 0 atom stereocenters. The Bertz CT molecular complexity index is 1780. The monoisotopic (exact) mass is 551 g/mol. The van der Waals surface area contributed by atoms with E-state index >= 15 is 0 Å². The van der Waals surface area contributed by atoms with E-state index in [0.29, 0.717) is 6.42 Å². The molecular weight excluding hydrogens is 524 g/mol. The molecule has 0 amide bonds. The first kappa shape index (κ1) is 26.1. The molecule has 0 fully saturated rings. The van der Waals surface area contributed by atoms with Crippen LogP contribution < -0.4 is 9.47 Å². The van der Waals surface area contributed by atoms with E-state index in [1.807, 2.05) is 24.5 Å². The number of nitrogens with zero attached hydrogens (tertiary/aromatic N) is 4. The topological polar surface area (TPSA) is 50.0 Å². The minimum Gasteiger partial charge on any atom is -0.311 e. The summed E-state index contributed by atoms with van der Waals surface area (Å²) in [4.78, 5) is 13.6. The second kappa shape index (κ2) is 12.0. The number of benzene rings is 4. The van der Waals surface area contributed by atoms with Gasteiger partial charge in [-0.25, -0.2) is 4.57 Å². The standard InChI is InChI=1S/C35H27N4OS/c1-2-31(40)14-9-23-38-24-21-27(22-25-38)33-20-19-32(34-35(33)37-41-36-34)26-15-17-30(18-16-26)39(28-10-5-3-6-11-28)29-12-7-4-8-13-29/h1,3-8,10-13,15-22,24-25H,9,14,23H2/q+1. The number of aromatic nitrogens is 3. The van der Waals surface area contributed by atoms with Crippen LogP contribution in [0.4, 0.5) is 17.1 Å². The van der Waals surface area contributed by atoms with Gasteiger partial charge < -0.3 is 4.90 Å². The van der Waals surface area contributed by atoms with Crippen molar-refractivity contribution in [2.45, 2.75) is 19.4 Å². The number of aryl methyl sites for hydroxylation is 1. The second-order valence-electron chi connectivity index (χ2n) is 9.67. The van der Waals surface area contributed by atoms with Gasteiger partial charge in [0, 0.05) is 53.2 Å². The van der Waals surface area contributed by atoms with Gasteiger partial charge >= 0.3 is 0 Å². The Morgan fingerprint density at radius 2 is 1.22 bits per heavy atom. The summed E-state index contributed by atoms with van der Waals surface area (Å²) >= 11 is 1.23. The second-order valence-corrected chi connectivity index (χ2v) is 10.2. The average Bonchev–Trinajstić information content (AvgIpc) is 3.53. The molecule has 0 N–H and O–H groups in total. The van der Waals surface area contributed by atoms with Crippen LogP contribution in [0.2, 0.25) is 0 Å². The number of para-hydroxylation sites is 2. The Morgan fingerprint density at radius 3 is 1.76 bits per heavy atom. The van der Waals surface area contributed by atoms with Crippen molar-refractivity contribution in [3.63, 3.8) is 0 Å². The molecule has 0 aliphatic heterocycles. The number of terminal acetylenes is 1. The molecule has 6 rings (SSSR count). The van der Waals surface area contributed by atoms with Gasteiger partial charge in [-0.15, -0.1) is 6.42 Å². The van der Waals surface area contributed by atoms with Crippen molar-refractivity contribution in [2.24, 2.45) is 0 Å². The zero-order valence-electron chi connectivity index (χ0n) is 22.4. The summed E-state index contributed by atoms with van der Waals surface area (Å²) < 4.78 is 11.4. The lowest BCUT2D eigenvalue weighted by molar-refractivity contribution is -0.697. The first-order valence-corrected chi connectivity index (χ1v) is 14.2. The van der Waals surface area contributed by atoms with Gasteiger partial charge in [0.15, 0.2) is 12.4 Å². The highest BCUT2D eigenvalue weighted by Gasteiger charge is 2.16.